The van der Waals surface area contributed by atoms with E-state index in [-0.39, 0.29) is 18.9 Å². The fourth-order valence-corrected chi connectivity index (χ4v) is 2.25. The highest BCUT2D eigenvalue weighted by Gasteiger charge is 2.16. The Morgan fingerprint density at radius 2 is 1.92 bits per heavy atom. The van der Waals surface area contributed by atoms with Crippen molar-refractivity contribution in [2.24, 2.45) is 5.92 Å². The molecule has 2 rings (SSSR count). The first-order chi connectivity index (χ1) is 11.5. The predicted octanol–water partition coefficient (Wildman–Crippen LogP) is 1.78. The van der Waals surface area contributed by atoms with E-state index in [0.717, 1.165) is 12.8 Å². The van der Waals surface area contributed by atoms with E-state index in [1.807, 2.05) is 12.2 Å². The van der Waals surface area contributed by atoms with Crippen LogP contribution in [0.5, 0.6) is 0 Å². The van der Waals surface area contributed by atoms with Crippen molar-refractivity contribution in [1.29, 1.82) is 0 Å². The van der Waals surface area contributed by atoms with Gasteiger partial charge >= 0.3 is 5.97 Å². The zero-order valence-corrected chi connectivity index (χ0v) is 13.1. The maximum atomic E-state index is 12.7. The van der Waals surface area contributed by atoms with Crippen molar-refractivity contribution in [1.82, 2.24) is 5.32 Å². The Labute approximate surface area is 139 Å². The normalized spacial score (nSPS) is 15.8. The number of amides is 2. The van der Waals surface area contributed by atoms with Gasteiger partial charge in [0.15, 0.2) is 6.61 Å². The number of benzene rings is 1. The molecule has 1 atom stereocenters. The molecule has 1 aliphatic carbocycles. The van der Waals surface area contributed by atoms with E-state index in [1.54, 1.807) is 0 Å². The molecule has 7 heteroatoms. The fraction of sp³-hybridized carbons (Fsp3) is 0.353. The Kier molecular flexibility index (Phi) is 6.48. The molecule has 0 unspecified atom stereocenters. The standard InChI is InChI=1S/C17H19FN2O4/c18-13-5-7-14(8-6-13)20-15(21)10-19-16(22)11-24-17(23)9-12-3-1-2-4-12/h1,3,5-8,12H,2,4,9-11H2,(H,19,22)(H,20,21)/t12-/m1/s1. The summed E-state index contributed by atoms with van der Waals surface area (Å²) in [7, 11) is 0. The predicted molar refractivity (Wildman–Crippen MR) is 85.5 cm³/mol. The molecular formula is C17H19FN2O4. The number of anilines is 1. The summed E-state index contributed by atoms with van der Waals surface area (Å²) < 4.78 is 17.6. The van der Waals surface area contributed by atoms with Gasteiger partial charge in [0.25, 0.3) is 5.91 Å². The van der Waals surface area contributed by atoms with E-state index in [0.29, 0.717) is 5.69 Å². The van der Waals surface area contributed by atoms with Gasteiger partial charge in [-0.3, -0.25) is 14.4 Å². The van der Waals surface area contributed by atoms with Gasteiger partial charge in [-0.2, -0.15) is 0 Å². The summed E-state index contributed by atoms with van der Waals surface area (Å²) >= 11 is 0. The molecular weight excluding hydrogens is 315 g/mol. The number of halogens is 1. The number of esters is 1. The van der Waals surface area contributed by atoms with Crippen LogP contribution in [-0.4, -0.2) is 30.9 Å². The summed E-state index contributed by atoms with van der Waals surface area (Å²) in [5, 5.41) is 4.85. The smallest absolute Gasteiger partial charge is 0.306 e. The van der Waals surface area contributed by atoms with Crippen molar-refractivity contribution >= 4 is 23.5 Å². The van der Waals surface area contributed by atoms with Crippen LogP contribution in [0.2, 0.25) is 0 Å². The molecule has 0 heterocycles. The van der Waals surface area contributed by atoms with Crippen LogP contribution in [0, 0.1) is 11.7 Å². The Morgan fingerprint density at radius 3 is 2.58 bits per heavy atom. The summed E-state index contributed by atoms with van der Waals surface area (Å²) in [6, 6.07) is 5.25. The van der Waals surface area contributed by atoms with Gasteiger partial charge in [-0.15, -0.1) is 0 Å². The first-order valence-electron chi connectivity index (χ1n) is 7.67. The number of carbonyl (C=O) groups is 3. The highest BCUT2D eigenvalue weighted by Crippen LogP contribution is 2.20. The van der Waals surface area contributed by atoms with E-state index in [1.165, 1.54) is 24.3 Å². The molecule has 0 saturated heterocycles. The van der Waals surface area contributed by atoms with Crippen LogP contribution in [0.3, 0.4) is 0 Å². The molecule has 6 nitrogen and oxygen atoms in total. The van der Waals surface area contributed by atoms with Crippen LogP contribution in [0.1, 0.15) is 19.3 Å². The summed E-state index contributed by atoms with van der Waals surface area (Å²) in [6.45, 7) is -0.682. The number of carbonyl (C=O) groups excluding carboxylic acids is 3. The lowest BCUT2D eigenvalue weighted by Crippen LogP contribution is -2.35. The van der Waals surface area contributed by atoms with Gasteiger partial charge in [-0.05, 0) is 43.0 Å². The van der Waals surface area contributed by atoms with Gasteiger partial charge in [0.05, 0.1) is 13.0 Å². The number of ether oxygens (including phenoxy) is 1. The average Bonchev–Trinajstić information content (AvgIpc) is 3.06. The molecule has 0 aromatic heterocycles. The molecule has 1 aromatic carbocycles. The maximum absolute atomic E-state index is 12.7. The van der Waals surface area contributed by atoms with Crippen LogP contribution in [0.4, 0.5) is 10.1 Å². The quantitative estimate of drug-likeness (QED) is 0.588. The lowest BCUT2D eigenvalue weighted by atomic mass is 10.1. The van der Waals surface area contributed by atoms with Crippen molar-refractivity contribution in [3.63, 3.8) is 0 Å². The largest absolute Gasteiger partial charge is 0.456 e. The molecule has 0 saturated carbocycles. The van der Waals surface area contributed by atoms with Crippen LogP contribution >= 0.6 is 0 Å². The third-order valence-corrected chi connectivity index (χ3v) is 3.48. The second-order valence-electron chi connectivity index (χ2n) is 5.46. The van der Waals surface area contributed by atoms with Gasteiger partial charge in [-0.1, -0.05) is 12.2 Å². The average molecular weight is 334 g/mol. The SMILES string of the molecule is O=C(COC(=O)C[C@@H]1C=CCC1)NCC(=O)Nc1ccc(F)cc1. The lowest BCUT2D eigenvalue weighted by Gasteiger charge is -2.09. The summed E-state index contributed by atoms with van der Waals surface area (Å²) in [5.41, 5.74) is 0.423. The van der Waals surface area contributed by atoms with Gasteiger partial charge in [-0.25, -0.2) is 4.39 Å². The number of rotatable bonds is 7. The minimum Gasteiger partial charge on any atom is -0.456 e. The fourth-order valence-electron chi connectivity index (χ4n) is 2.25. The lowest BCUT2D eigenvalue weighted by molar-refractivity contribution is -0.149. The highest BCUT2D eigenvalue weighted by atomic mass is 19.1. The zero-order valence-electron chi connectivity index (χ0n) is 13.1. The Hall–Kier alpha value is -2.70. The molecule has 24 heavy (non-hydrogen) atoms. The molecule has 1 aliphatic rings. The van der Waals surface area contributed by atoms with Gasteiger partial charge < -0.3 is 15.4 Å². The molecule has 0 spiro atoms. The van der Waals surface area contributed by atoms with Crippen molar-refractivity contribution in [2.45, 2.75) is 19.3 Å². The van der Waals surface area contributed by atoms with Crippen molar-refractivity contribution < 1.29 is 23.5 Å². The first kappa shape index (κ1) is 17.7. The van der Waals surface area contributed by atoms with Crippen LogP contribution < -0.4 is 10.6 Å². The van der Waals surface area contributed by atoms with Crippen LogP contribution in [0.25, 0.3) is 0 Å². The number of nitrogens with one attached hydrogen (secondary N) is 2. The number of allylic oxidation sites excluding steroid dienone is 2. The molecule has 128 valence electrons. The minimum absolute atomic E-state index is 0.182. The number of hydrogen-bond donors (Lipinski definition) is 2. The maximum Gasteiger partial charge on any atom is 0.306 e. The van der Waals surface area contributed by atoms with Gasteiger partial charge in [0, 0.05) is 5.69 Å². The third-order valence-electron chi connectivity index (χ3n) is 3.48. The Bertz CT molecular complexity index is 628. The molecule has 0 aliphatic heterocycles. The highest BCUT2D eigenvalue weighted by molar-refractivity contribution is 5.94. The summed E-state index contributed by atoms with van der Waals surface area (Å²) in [5.74, 6) is -1.67. The Balaban J connectivity index is 1.61. The van der Waals surface area contributed by atoms with Gasteiger partial charge in [0.2, 0.25) is 5.91 Å². The minimum atomic E-state index is -0.556. The van der Waals surface area contributed by atoms with E-state index in [2.05, 4.69) is 10.6 Å². The molecule has 0 radical (unpaired) electrons. The van der Waals surface area contributed by atoms with Gasteiger partial charge in [0.1, 0.15) is 5.82 Å². The second kappa shape index (κ2) is 8.81. The molecule has 1 aromatic rings. The second-order valence-corrected chi connectivity index (χ2v) is 5.46. The topological polar surface area (TPSA) is 84.5 Å². The van der Waals surface area contributed by atoms with E-state index >= 15 is 0 Å². The molecule has 2 N–H and O–H groups in total. The summed E-state index contributed by atoms with van der Waals surface area (Å²) in [6.07, 6.45) is 6.13. The third kappa shape index (κ3) is 6.20. The molecule has 0 fully saturated rings. The monoisotopic (exact) mass is 334 g/mol. The Morgan fingerprint density at radius 1 is 1.17 bits per heavy atom. The van der Waals surface area contributed by atoms with E-state index in [9.17, 15) is 18.8 Å². The van der Waals surface area contributed by atoms with E-state index < -0.39 is 30.2 Å². The van der Waals surface area contributed by atoms with Crippen molar-refractivity contribution in [3.8, 4) is 0 Å². The van der Waals surface area contributed by atoms with Crippen molar-refractivity contribution in [2.75, 3.05) is 18.5 Å². The first-order valence-corrected chi connectivity index (χ1v) is 7.67. The van der Waals surface area contributed by atoms with Crippen LogP contribution in [-0.2, 0) is 19.1 Å². The van der Waals surface area contributed by atoms with E-state index in [4.69, 9.17) is 4.74 Å². The summed E-state index contributed by atoms with van der Waals surface area (Å²) in [4.78, 5) is 34.8. The van der Waals surface area contributed by atoms with Crippen molar-refractivity contribution in [3.05, 3.63) is 42.2 Å². The number of hydrogen-bond acceptors (Lipinski definition) is 4. The van der Waals surface area contributed by atoms with Crippen LogP contribution in [0.15, 0.2) is 36.4 Å². The molecule has 2 amide bonds. The molecule has 0 bridgehead atoms. The zero-order chi connectivity index (χ0) is 17.4.